The second kappa shape index (κ2) is 8.55. The van der Waals surface area contributed by atoms with Crippen LogP contribution in [0.1, 0.15) is 5.56 Å². The van der Waals surface area contributed by atoms with Crippen LogP contribution in [0.4, 0.5) is 5.69 Å². The summed E-state index contributed by atoms with van der Waals surface area (Å²) in [7, 11) is 3.10. The molecule has 24 heavy (non-hydrogen) atoms. The highest BCUT2D eigenvalue weighted by Gasteiger charge is 2.09. The maximum Gasteiger partial charge on any atom is 0.248 e. The summed E-state index contributed by atoms with van der Waals surface area (Å²) in [6.07, 6.45) is 3.08. The highest BCUT2D eigenvalue weighted by molar-refractivity contribution is 9.11. The minimum Gasteiger partial charge on any atom is -0.495 e. The van der Waals surface area contributed by atoms with E-state index in [1.165, 1.54) is 13.2 Å². The zero-order chi connectivity index (χ0) is 17.7. The standard InChI is InChI=1S/C17H14Br2ClNO3/c1-23-15-5-4-12(20)9-14(15)21-16(22)6-3-10-7-11(18)8-13(19)17(10)24-2/h3-9H,1-2H3,(H,21,22)/b6-3+. The van der Waals surface area contributed by atoms with Crippen molar-refractivity contribution in [2.24, 2.45) is 0 Å². The lowest BCUT2D eigenvalue weighted by Gasteiger charge is -2.10. The van der Waals surface area contributed by atoms with Crippen molar-refractivity contribution in [1.29, 1.82) is 0 Å². The van der Waals surface area contributed by atoms with Crippen LogP contribution in [0, 0.1) is 0 Å². The third-order valence-electron chi connectivity index (χ3n) is 3.07. The van der Waals surface area contributed by atoms with Crippen LogP contribution < -0.4 is 14.8 Å². The van der Waals surface area contributed by atoms with Crippen LogP contribution in [0.5, 0.6) is 11.5 Å². The molecule has 0 fully saturated rings. The van der Waals surface area contributed by atoms with E-state index in [-0.39, 0.29) is 5.91 Å². The summed E-state index contributed by atoms with van der Waals surface area (Å²) in [5.41, 5.74) is 1.26. The summed E-state index contributed by atoms with van der Waals surface area (Å²) in [5, 5.41) is 3.25. The first-order valence-electron chi connectivity index (χ1n) is 6.80. The monoisotopic (exact) mass is 473 g/mol. The molecule has 0 heterocycles. The number of hydrogen-bond acceptors (Lipinski definition) is 3. The summed E-state index contributed by atoms with van der Waals surface area (Å²) in [5.74, 6) is 0.861. The lowest BCUT2D eigenvalue weighted by molar-refractivity contribution is -0.111. The van der Waals surface area contributed by atoms with Gasteiger partial charge in [0.1, 0.15) is 11.5 Å². The quantitative estimate of drug-likeness (QED) is 0.578. The van der Waals surface area contributed by atoms with Crippen LogP contribution >= 0.6 is 43.5 Å². The van der Waals surface area contributed by atoms with Crippen molar-refractivity contribution < 1.29 is 14.3 Å². The van der Waals surface area contributed by atoms with Crippen LogP contribution in [0.25, 0.3) is 6.08 Å². The second-order valence-corrected chi connectivity index (χ2v) is 6.88. The van der Waals surface area contributed by atoms with Gasteiger partial charge in [0.2, 0.25) is 5.91 Å². The molecule has 1 amide bonds. The van der Waals surface area contributed by atoms with Crippen molar-refractivity contribution in [3.8, 4) is 11.5 Å². The number of hydrogen-bond donors (Lipinski definition) is 1. The Morgan fingerprint density at radius 3 is 2.58 bits per heavy atom. The maximum atomic E-state index is 12.2. The molecule has 0 spiro atoms. The molecule has 2 aromatic rings. The van der Waals surface area contributed by atoms with E-state index in [4.69, 9.17) is 21.1 Å². The molecule has 0 unspecified atom stereocenters. The van der Waals surface area contributed by atoms with Gasteiger partial charge in [-0.15, -0.1) is 0 Å². The first kappa shape index (κ1) is 18.8. The van der Waals surface area contributed by atoms with E-state index in [0.29, 0.717) is 22.2 Å². The molecule has 126 valence electrons. The number of carbonyl (C=O) groups excluding carboxylic acids is 1. The lowest BCUT2D eigenvalue weighted by Crippen LogP contribution is -2.09. The predicted octanol–water partition coefficient (Wildman–Crippen LogP) is 5.53. The molecule has 0 aliphatic carbocycles. The number of benzene rings is 2. The zero-order valence-electron chi connectivity index (χ0n) is 12.9. The number of methoxy groups -OCH3 is 2. The fourth-order valence-corrected chi connectivity index (χ4v) is 3.63. The largest absolute Gasteiger partial charge is 0.495 e. The Balaban J connectivity index is 2.22. The van der Waals surface area contributed by atoms with Gasteiger partial charge < -0.3 is 14.8 Å². The number of rotatable bonds is 5. The molecule has 0 saturated carbocycles. The molecule has 7 heteroatoms. The lowest BCUT2D eigenvalue weighted by atomic mass is 10.2. The van der Waals surface area contributed by atoms with Crippen molar-refractivity contribution in [2.45, 2.75) is 0 Å². The predicted molar refractivity (Wildman–Crippen MR) is 104 cm³/mol. The molecule has 0 aromatic heterocycles. The van der Waals surface area contributed by atoms with Gasteiger partial charge in [-0.25, -0.2) is 0 Å². The van der Waals surface area contributed by atoms with Crippen molar-refractivity contribution >= 4 is 61.1 Å². The van der Waals surface area contributed by atoms with E-state index < -0.39 is 0 Å². The molecule has 2 aromatic carbocycles. The fourth-order valence-electron chi connectivity index (χ4n) is 2.04. The Morgan fingerprint density at radius 2 is 1.92 bits per heavy atom. The normalized spacial score (nSPS) is 10.7. The van der Waals surface area contributed by atoms with Gasteiger partial charge >= 0.3 is 0 Å². The highest BCUT2D eigenvalue weighted by atomic mass is 79.9. The van der Waals surface area contributed by atoms with E-state index in [9.17, 15) is 4.79 Å². The Labute approximate surface area is 162 Å². The van der Waals surface area contributed by atoms with Crippen molar-refractivity contribution in [2.75, 3.05) is 19.5 Å². The van der Waals surface area contributed by atoms with Crippen LogP contribution in [-0.2, 0) is 4.79 Å². The number of halogens is 3. The van der Waals surface area contributed by atoms with E-state index in [2.05, 4.69) is 37.2 Å². The van der Waals surface area contributed by atoms with Gasteiger partial charge in [0.05, 0.1) is 24.4 Å². The Kier molecular flexibility index (Phi) is 6.71. The number of amides is 1. The maximum absolute atomic E-state index is 12.2. The molecule has 4 nitrogen and oxygen atoms in total. The third kappa shape index (κ3) is 4.75. The molecule has 0 saturated heterocycles. The minimum absolute atomic E-state index is 0.311. The van der Waals surface area contributed by atoms with Gasteiger partial charge in [-0.2, -0.15) is 0 Å². The first-order valence-corrected chi connectivity index (χ1v) is 8.76. The molecule has 0 radical (unpaired) electrons. The number of carbonyl (C=O) groups is 1. The summed E-state index contributed by atoms with van der Waals surface area (Å²) in [6, 6.07) is 8.73. The topological polar surface area (TPSA) is 47.6 Å². The van der Waals surface area contributed by atoms with Crippen molar-refractivity contribution in [3.63, 3.8) is 0 Å². The third-order valence-corrected chi connectivity index (χ3v) is 4.36. The Morgan fingerprint density at radius 1 is 1.17 bits per heavy atom. The minimum atomic E-state index is -0.311. The van der Waals surface area contributed by atoms with Gasteiger partial charge in [0.25, 0.3) is 0 Å². The summed E-state index contributed by atoms with van der Waals surface area (Å²) in [6.45, 7) is 0. The molecular formula is C17H14Br2ClNO3. The van der Waals surface area contributed by atoms with Crippen LogP contribution in [0.15, 0.2) is 45.4 Å². The van der Waals surface area contributed by atoms with Gasteiger partial charge in [-0.3, -0.25) is 4.79 Å². The second-order valence-electron chi connectivity index (χ2n) is 4.68. The molecule has 2 rings (SSSR count). The van der Waals surface area contributed by atoms with Gasteiger partial charge in [0.15, 0.2) is 0 Å². The van der Waals surface area contributed by atoms with Gasteiger partial charge in [0, 0.05) is 21.1 Å². The van der Waals surface area contributed by atoms with E-state index in [1.807, 2.05) is 12.1 Å². The van der Waals surface area contributed by atoms with Gasteiger partial charge in [-0.1, -0.05) is 27.5 Å². The Hall–Kier alpha value is -1.50. The molecule has 1 N–H and O–H groups in total. The van der Waals surface area contributed by atoms with Crippen LogP contribution in [-0.4, -0.2) is 20.1 Å². The first-order chi connectivity index (χ1) is 11.4. The van der Waals surface area contributed by atoms with E-state index >= 15 is 0 Å². The average Bonchev–Trinajstić information content (AvgIpc) is 2.52. The molecule has 0 bridgehead atoms. The smallest absolute Gasteiger partial charge is 0.248 e. The average molecular weight is 476 g/mol. The molecule has 0 atom stereocenters. The summed E-state index contributed by atoms with van der Waals surface area (Å²) in [4.78, 5) is 12.2. The number of anilines is 1. The van der Waals surface area contributed by atoms with Gasteiger partial charge in [-0.05, 0) is 52.3 Å². The molecular weight excluding hydrogens is 461 g/mol. The summed E-state index contributed by atoms with van der Waals surface area (Å²) >= 11 is 12.8. The molecule has 0 aliphatic heterocycles. The number of nitrogens with one attached hydrogen (secondary N) is 1. The van der Waals surface area contributed by atoms with Crippen molar-refractivity contribution in [3.05, 3.63) is 55.9 Å². The van der Waals surface area contributed by atoms with E-state index in [1.54, 1.807) is 31.4 Å². The van der Waals surface area contributed by atoms with E-state index in [0.717, 1.165) is 14.5 Å². The van der Waals surface area contributed by atoms with Crippen molar-refractivity contribution in [1.82, 2.24) is 0 Å². The molecule has 0 aliphatic rings. The summed E-state index contributed by atoms with van der Waals surface area (Å²) < 4.78 is 12.2. The number of ether oxygens (including phenoxy) is 2. The van der Waals surface area contributed by atoms with Crippen LogP contribution in [0.2, 0.25) is 5.02 Å². The fraction of sp³-hybridized carbons (Fsp3) is 0.118. The zero-order valence-corrected chi connectivity index (χ0v) is 16.8. The highest BCUT2D eigenvalue weighted by Crippen LogP contribution is 2.33. The Bertz CT molecular complexity index is 794. The van der Waals surface area contributed by atoms with Crippen LogP contribution in [0.3, 0.4) is 0 Å². The SMILES string of the molecule is COc1ccc(Cl)cc1NC(=O)/C=C/c1cc(Br)cc(Br)c1OC.